The Hall–Kier alpha value is -2.97. The average molecular weight is 427 g/mol. The number of rotatable bonds is 4. The van der Waals surface area contributed by atoms with E-state index in [9.17, 15) is 18.0 Å². The van der Waals surface area contributed by atoms with Crippen LogP contribution in [0.1, 0.15) is 15.2 Å². The lowest BCUT2D eigenvalue weighted by atomic mass is 9.99. The highest BCUT2D eigenvalue weighted by Crippen LogP contribution is 2.36. The van der Waals surface area contributed by atoms with Gasteiger partial charge in [-0.25, -0.2) is 8.42 Å². The summed E-state index contributed by atoms with van der Waals surface area (Å²) in [5, 5.41) is 4.58. The van der Waals surface area contributed by atoms with Gasteiger partial charge in [0.1, 0.15) is 6.04 Å². The third-order valence-corrected chi connectivity index (χ3v) is 6.72. The van der Waals surface area contributed by atoms with Gasteiger partial charge in [0, 0.05) is 12.7 Å². The lowest BCUT2D eigenvalue weighted by molar-refractivity contribution is -0.117. The lowest BCUT2D eigenvalue weighted by Crippen LogP contribution is -2.52. The summed E-state index contributed by atoms with van der Waals surface area (Å²) < 4.78 is 23.8. The minimum atomic E-state index is -3.45. The number of carbonyl (C=O) groups is 2. The van der Waals surface area contributed by atoms with Gasteiger partial charge in [0.15, 0.2) is 9.84 Å². The molecule has 0 unspecified atom stereocenters. The van der Waals surface area contributed by atoms with Crippen LogP contribution in [0.3, 0.4) is 0 Å². The molecular formula is C21H18N2O4S2. The molecule has 1 aromatic heterocycles. The molecule has 4 rings (SSSR count). The molecule has 6 nitrogen and oxygen atoms in total. The molecule has 0 spiro atoms. The van der Waals surface area contributed by atoms with E-state index in [1.807, 2.05) is 30.3 Å². The third-order valence-electron chi connectivity index (χ3n) is 4.75. The first-order valence-corrected chi connectivity index (χ1v) is 11.7. The quantitative estimate of drug-likeness (QED) is 0.693. The molecule has 2 amide bonds. The number of benzene rings is 2. The molecular weight excluding hydrogens is 408 g/mol. The molecule has 0 fully saturated rings. The van der Waals surface area contributed by atoms with Crippen molar-refractivity contribution in [2.75, 3.05) is 16.5 Å². The number of nitrogens with one attached hydrogen (secondary N) is 1. The van der Waals surface area contributed by atoms with Gasteiger partial charge >= 0.3 is 0 Å². The number of fused-ring (bicyclic) bond motifs is 1. The van der Waals surface area contributed by atoms with E-state index in [1.165, 1.54) is 28.4 Å². The highest BCUT2D eigenvalue weighted by Gasteiger charge is 2.38. The molecule has 2 aromatic carbocycles. The second kappa shape index (κ2) is 7.46. The van der Waals surface area contributed by atoms with E-state index in [0.717, 1.165) is 11.8 Å². The van der Waals surface area contributed by atoms with Gasteiger partial charge in [0.25, 0.3) is 5.91 Å². The molecule has 1 atom stereocenters. The lowest BCUT2D eigenvalue weighted by Gasteiger charge is -2.36. The van der Waals surface area contributed by atoms with Gasteiger partial charge < -0.3 is 5.32 Å². The summed E-state index contributed by atoms with van der Waals surface area (Å²) in [6.07, 6.45) is 1.45. The van der Waals surface area contributed by atoms with Crippen molar-refractivity contribution in [1.82, 2.24) is 0 Å². The number of thiophene rings is 1. The fraction of sp³-hybridized carbons (Fsp3) is 0.143. The number of amides is 2. The molecule has 0 saturated carbocycles. The summed E-state index contributed by atoms with van der Waals surface area (Å²) in [4.78, 5) is 28.3. The van der Waals surface area contributed by atoms with Crippen molar-refractivity contribution in [3.8, 4) is 0 Å². The monoisotopic (exact) mass is 426 g/mol. The summed E-state index contributed by atoms with van der Waals surface area (Å²) in [5.41, 5.74) is 1.72. The van der Waals surface area contributed by atoms with Crippen LogP contribution in [0.2, 0.25) is 0 Å². The van der Waals surface area contributed by atoms with E-state index in [2.05, 4.69) is 5.32 Å². The number of carbonyl (C=O) groups excluding carboxylic acids is 2. The van der Waals surface area contributed by atoms with Crippen LogP contribution in [0, 0.1) is 0 Å². The van der Waals surface area contributed by atoms with Crippen molar-refractivity contribution in [3.05, 3.63) is 76.5 Å². The van der Waals surface area contributed by atoms with Crippen LogP contribution in [-0.4, -0.2) is 32.5 Å². The van der Waals surface area contributed by atoms with E-state index in [1.54, 1.807) is 23.6 Å². The van der Waals surface area contributed by atoms with E-state index < -0.39 is 15.9 Å². The maximum atomic E-state index is 13.3. The highest BCUT2D eigenvalue weighted by molar-refractivity contribution is 7.90. The Bertz CT molecular complexity index is 1170. The molecule has 3 aromatic rings. The van der Waals surface area contributed by atoms with Crippen LogP contribution in [0.5, 0.6) is 0 Å². The van der Waals surface area contributed by atoms with E-state index in [0.29, 0.717) is 22.7 Å². The predicted octanol–water partition coefficient (Wildman–Crippen LogP) is 3.36. The van der Waals surface area contributed by atoms with E-state index >= 15 is 0 Å². The molecule has 0 radical (unpaired) electrons. The minimum absolute atomic E-state index is 0.0848. The summed E-state index contributed by atoms with van der Waals surface area (Å²) in [6, 6.07) is 16.6. The molecule has 1 aliphatic rings. The smallest absolute Gasteiger partial charge is 0.269 e. The van der Waals surface area contributed by atoms with Gasteiger partial charge in [0.2, 0.25) is 5.91 Å². The van der Waals surface area contributed by atoms with Crippen LogP contribution >= 0.6 is 11.3 Å². The Balaban J connectivity index is 1.82. The average Bonchev–Trinajstić information content (AvgIpc) is 3.22. The van der Waals surface area contributed by atoms with Crippen molar-refractivity contribution >= 4 is 44.4 Å². The molecule has 29 heavy (non-hydrogen) atoms. The predicted molar refractivity (Wildman–Crippen MR) is 113 cm³/mol. The maximum Gasteiger partial charge on any atom is 0.269 e. The number of hydrogen-bond donors (Lipinski definition) is 1. The van der Waals surface area contributed by atoms with Crippen molar-refractivity contribution in [3.63, 3.8) is 0 Å². The maximum absolute atomic E-state index is 13.3. The second-order valence-corrected chi connectivity index (χ2v) is 9.76. The van der Waals surface area contributed by atoms with E-state index in [4.69, 9.17) is 0 Å². The molecule has 2 heterocycles. The van der Waals surface area contributed by atoms with Crippen molar-refractivity contribution in [2.45, 2.75) is 17.4 Å². The first-order chi connectivity index (χ1) is 13.8. The number of nitrogens with zero attached hydrogens (tertiary/aromatic N) is 1. The zero-order chi connectivity index (χ0) is 20.6. The molecule has 1 N–H and O–H groups in total. The van der Waals surface area contributed by atoms with Gasteiger partial charge in [-0.3, -0.25) is 14.5 Å². The number of anilines is 2. The third kappa shape index (κ3) is 3.81. The van der Waals surface area contributed by atoms with Crippen molar-refractivity contribution < 1.29 is 18.0 Å². The number of hydrogen-bond acceptors (Lipinski definition) is 5. The molecule has 148 valence electrons. The summed E-state index contributed by atoms with van der Waals surface area (Å²) in [6.45, 7) is 0. The van der Waals surface area contributed by atoms with Crippen LogP contribution in [-0.2, 0) is 21.1 Å². The van der Waals surface area contributed by atoms with Crippen molar-refractivity contribution in [2.24, 2.45) is 0 Å². The Morgan fingerprint density at radius 1 is 1.10 bits per heavy atom. The molecule has 0 saturated heterocycles. The Morgan fingerprint density at radius 2 is 1.86 bits per heavy atom. The van der Waals surface area contributed by atoms with Gasteiger partial charge in [-0.05, 0) is 35.2 Å². The fourth-order valence-electron chi connectivity index (χ4n) is 3.35. The Kier molecular flexibility index (Phi) is 4.97. The summed E-state index contributed by atoms with van der Waals surface area (Å²) in [5.74, 6) is -0.638. The van der Waals surface area contributed by atoms with Gasteiger partial charge in [-0.1, -0.05) is 36.4 Å². The largest absolute Gasteiger partial charge is 0.322 e. The Labute approximate surface area is 172 Å². The zero-order valence-corrected chi connectivity index (χ0v) is 17.2. The van der Waals surface area contributed by atoms with Gasteiger partial charge in [0.05, 0.1) is 21.1 Å². The van der Waals surface area contributed by atoms with Crippen LogP contribution in [0.4, 0.5) is 11.4 Å². The first-order valence-electron chi connectivity index (χ1n) is 8.90. The topological polar surface area (TPSA) is 83.6 Å². The summed E-state index contributed by atoms with van der Waals surface area (Å²) >= 11 is 1.30. The van der Waals surface area contributed by atoms with E-state index in [-0.39, 0.29) is 16.7 Å². The van der Waals surface area contributed by atoms with Crippen molar-refractivity contribution in [1.29, 1.82) is 0 Å². The van der Waals surface area contributed by atoms with Gasteiger partial charge in [-0.15, -0.1) is 11.3 Å². The normalized spacial score (nSPS) is 16.2. The zero-order valence-electron chi connectivity index (χ0n) is 15.5. The molecule has 0 bridgehead atoms. The standard InChI is InChI=1S/C21H18N2O4S2/c1-29(26,27)15-9-10-17-16(13-15)22-20(24)18(12-14-6-3-2-4-7-14)23(17)21(25)19-8-5-11-28-19/h2-11,13,18H,12H2,1H3,(H,22,24)/t18-/m0/s1. The van der Waals surface area contributed by atoms with Gasteiger partial charge in [-0.2, -0.15) is 0 Å². The molecule has 0 aliphatic carbocycles. The van der Waals surface area contributed by atoms with Crippen LogP contribution < -0.4 is 10.2 Å². The molecule has 8 heteroatoms. The number of sulfone groups is 1. The second-order valence-electron chi connectivity index (χ2n) is 6.80. The molecule has 1 aliphatic heterocycles. The Morgan fingerprint density at radius 3 is 2.52 bits per heavy atom. The SMILES string of the molecule is CS(=O)(=O)c1ccc2c(c1)NC(=O)[C@H](Cc1ccccc1)N2C(=O)c1cccs1. The van der Waals surface area contributed by atoms with Crippen LogP contribution in [0.15, 0.2) is 70.9 Å². The fourth-order valence-corrected chi connectivity index (χ4v) is 4.66. The van der Waals surface area contributed by atoms with Crippen LogP contribution in [0.25, 0.3) is 0 Å². The highest BCUT2D eigenvalue weighted by atomic mass is 32.2. The summed E-state index contributed by atoms with van der Waals surface area (Å²) in [7, 11) is -3.45. The minimum Gasteiger partial charge on any atom is -0.322 e. The first kappa shape index (κ1) is 19.4.